The summed E-state index contributed by atoms with van der Waals surface area (Å²) < 4.78 is 30.3. The van der Waals surface area contributed by atoms with Crippen molar-refractivity contribution in [1.29, 1.82) is 5.26 Å². The maximum absolute atomic E-state index is 13.1. The molecule has 0 saturated heterocycles. The highest BCUT2D eigenvalue weighted by atomic mass is 19.1. The Balaban J connectivity index is 1.69. The number of hydrogen-bond acceptors (Lipinski definition) is 6. The Bertz CT molecular complexity index is 1210. The van der Waals surface area contributed by atoms with Gasteiger partial charge in [0.2, 0.25) is 5.88 Å². The Hall–Kier alpha value is -3.79. The molecule has 2 N–H and O–H groups in total. The zero-order chi connectivity index (χ0) is 23.8. The lowest BCUT2D eigenvalue weighted by Crippen LogP contribution is -2.33. The molecule has 1 atom stereocenters. The summed E-state index contributed by atoms with van der Waals surface area (Å²) in [5, 5.41) is 9.80. The first-order chi connectivity index (χ1) is 15.7. The number of benzene rings is 2. The van der Waals surface area contributed by atoms with E-state index in [0.717, 1.165) is 5.56 Å². The number of Topliss-reactive ketones (excluding diaryl/α,β-unsaturated/α-hetero) is 1. The highest BCUT2D eigenvalue weighted by molar-refractivity contribution is 6.00. The number of ketones is 1. The Kier molecular flexibility index (Phi) is 5.86. The number of carbonyl (C=O) groups is 1. The van der Waals surface area contributed by atoms with Crippen molar-refractivity contribution in [2.24, 2.45) is 11.1 Å². The molecule has 0 amide bonds. The van der Waals surface area contributed by atoms with Crippen LogP contribution in [-0.2, 0) is 16.1 Å². The summed E-state index contributed by atoms with van der Waals surface area (Å²) in [7, 11) is 1.52. The van der Waals surface area contributed by atoms with E-state index in [0.29, 0.717) is 41.2 Å². The molecule has 0 saturated carbocycles. The molecule has 0 bridgehead atoms. The highest BCUT2D eigenvalue weighted by Crippen LogP contribution is 2.48. The zero-order valence-electron chi connectivity index (χ0n) is 18.8. The van der Waals surface area contributed by atoms with Crippen LogP contribution >= 0.6 is 0 Å². The quantitative estimate of drug-likeness (QED) is 0.702. The largest absolute Gasteiger partial charge is 0.493 e. The fourth-order valence-electron chi connectivity index (χ4n) is 4.34. The molecule has 2 aromatic rings. The average molecular weight is 448 g/mol. The fraction of sp³-hybridized carbons (Fsp3) is 0.308. The van der Waals surface area contributed by atoms with Crippen LogP contribution < -0.4 is 15.2 Å². The molecule has 0 spiro atoms. The van der Waals surface area contributed by atoms with Gasteiger partial charge >= 0.3 is 0 Å². The molecule has 2 aromatic carbocycles. The molecule has 6 nitrogen and oxygen atoms in total. The summed E-state index contributed by atoms with van der Waals surface area (Å²) in [4.78, 5) is 13.1. The third-order valence-electron chi connectivity index (χ3n) is 5.90. The molecule has 170 valence electrons. The van der Waals surface area contributed by atoms with E-state index in [1.807, 2.05) is 13.8 Å². The topological polar surface area (TPSA) is 94.6 Å². The summed E-state index contributed by atoms with van der Waals surface area (Å²) in [5.41, 5.74) is 8.00. The molecule has 0 fully saturated rings. The van der Waals surface area contributed by atoms with Gasteiger partial charge in [0.1, 0.15) is 29.8 Å². The molecule has 1 heterocycles. The maximum atomic E-state index is 13.1. The van der Waals surface area contributed by atoms with Gasteiger partial charge < -0.3 is 19.9 Å². The summed E-state index contributed by atoms with van der Waals surface area (Å²) in [5.74, 6) is 0.466. The van der Waals surface area contributed by atoms with E-state index < -0.39 is 5.92 Å². The number of carbonyl (C=O) groups excluding carboxylic acids is 1. The number of methoxy groups -OCH3 is 1. The van der Waals surface area contributed by atoms with E-state index in [-0.39, 0.29) is 35.1 Å². The summed E-state index contributed by atoms with van der Waals surface area (Å²) in [6, 6.07) is 13.4. The van der Waals surface area contributed by atoms with Crippen LogP contribution in [-0.4, -0.2) is 12.9 Å². The van der Waals surface area contributed by atoms with Crippen LogP contribution in [0.3, 0.4) is 0 Å². The van der Waals surface area contributed by atoms with Crippen molar-refractivity contribution < 1.29 is 23.4 Å². The van der Waals surface area contributed by atoms with Crippen molar-refractivity contribution in [2.75, 3.05) is 7.11 Å². The third-order valence-corrected chi connectivity index (χ3v) is 5.90. The van der Waals surface area contributed by atoms with Crippen LogP contribution in [0, 0.1) is 22.6 Å². The standard InChI is InChI=1S/C26H25FN2O4/c1-26(2)11-19(30)24-22(12-26)33-25(29)18(13-28)23(24)16-6-9-20(21(10-16)31-3)32-14-15-4-7-17(27)8-5-15/h4-10,23H,11-12,14,29H2,1-3H3. The number of nitrogens with two attached hydrogens (primary N) is 1. The number of allylic oxidation sites excluding steroid dienone is 3. The minimum atomic E-state index is -0.637. The van der Waals surface area contributed by atoms with E-state index in [9.17, 15) is 14.4 Å². The molecule has 4 rings (SSSR count). The minimum Gasteiger partial charge on any atom is -0.493 e. The maximum Gasteiger partial charge on any atom is 0.205 e. The van der Waals surface area contributed by atoms with Crippen molar-refractivity contribution in [3.63, 3.8) is 0 Å². The molecule has 0 radical (unpaired) electrons. The van der Waals surface area contributed by atoms with Gasteiger partial charge in [0, 0.05) is 18.4 Å². The number of nitrogens with zero attached hydrogens (tertiary/aromatic N) is 1. The van der Waals surface area contributed by atoms with Gasteiger partial charge in [-0.15, -0.1) is 0 Å². The van der Waals surface area contributed by atoms with Gasteiger partial charge in [0.05, 0.1) is 13.0 Å². The summed E-state index contributed by atoms with van der Waals surface area (Å²) in [6.45, 7) is 4.23. The lowest BCUT2D eigenvalue weighted by Gasteiger charge is -2.37. The molecule has 2 aliphatic rings. The van der Waals surface area contributed by atoms with Gasteiger partial charge in [-0.05, 0) is 40.8 Å². The molecule has 7 heteroatoms. The second-order valence-electron chi connectivity index (χ2n) is 9.03. The number of ether oxygens (including phenoxy) is 3. The van der Waals surface area contributed by atoms with Crippen LogP contribution in [0.4, 0.5) is 4.39 Å². The van der Waals surface area contributed by atoms with Crippen LogP contribution in [0.1, 0.15) is 43.7 Å². The SMILES string of the molecule is COc1cc(C2C(C#N)=C(N)OC3=C2C(=O)CC(C)(C)C3)ccc1OCc1ccc(F)cc1. The predicted octanol–water partition coefficient (Wildman–Crippen LogP) is 4.86. The van der Waals surface area contributed by atoms with Crippen molar-refractivity contribution >= 4 is 5.78 Å². The van der Waals surface area contributed by atoms with Crippen LogP contribution in [0.25, 0.3) is 0 Å². The van der Waals surface area contributed by atoms with Gasteiger partial charge in [0.15, 0.2) is 17.3 Å². The molecular weight excluding hydrogens is 423 g/mol. The van der Waals surface area contributed by atoms with E-state index in [1.165, 1.54) is 19.2 Å². The number of rotatable bonds is 5. The van der Waals surface area contributed by atoms with Crippen LogP contribution in [0.2, 0.25) is 0 Å². The van der Waals surface area contributed by atoms with Crippen molar-refractivity contribution in [2.45, 2.75) is 39.2 Å². The Morgan fingerprint density at radius 1 is 1.18 bits per heavy atom. The van der Waals surface area contributed by atoms with E-state index in [2.05, 4.69) is 6.07 Å². The highest BCUT2D eigenvalue weighted by Gasteiger charge is 2.43. The first-order valence-corrected chi connectivity index (χ1v) is 10.6. The monoisotopic (exact) mass is 448 g/mol. The second kappa shape index (κ2) is 8.62. The lowest BCUT2D eigenvalue weighted by molar-refractivity contribution is -0.119. The van der Waals surface area contributed by atoms with Gasteiger partial charge in [-0.2, -0.15) is 5.26 Å². The second-order valence-corrected chi connectivity index (χ2v) is 9.03. The zero-order valence-corrected chi connectivity index (χ0v) is 18.8. The Morgan fingerprint density at radius 2 is 1.91 bits per heavy atom. The number of nitriles is 1. The number of hydrogen-bond donors (Lipinski definition) is 1. The molecule has 1 unspecified atom stereocenters. The van der Waals surface area contributed by atoms with Crippen molar-refractivity contribution in [1.82, 2.24) is 0 Å². The molecule has 1 aliphatic carbocycles. The average Bonchev–Trinajstić information content (AvgIpc) is 2.77. The first kappa shape index (κ1) is 22.4. The van der Waals surface area contributed by atoms with Crippen LogP contribution in [0.5, 0.6) is 11.5 Å². The van der Waals surface area contributed by atoms with Gasteiger partial charge in [-0.25, -0.2) is 4.39 Å². The lowest BCUT2D eigenvalue weighted by atomic mass is 9.70. The summed E-state index contributed by atoms with van der Waals surface area (Å²) >= 11 is 0. The van der Waals surface area contributed by atoms with Gasteiger partial charge in [-0.1, -0.05) is 32.0 Å². The fourth-order valence-corrected chi connectivity index (χ4v) is 4.34. The smallest absolute Gasteiger partial charge is 0.205 e. The first-order valence-electron chi connectivity index (χ1n) is 10.6. The van der Waals surface area contributed by atoms with Gasteiger partial charge in [-0.3, -0.25) is 4.79 Å². The number of halogens is 1. The molecule has 33 heavy (non-hydrogen) atoms. The summed E-state index contributed by atoms with van der Waals surface area (Å²) in [6.07, 6.45) is 0.917. The Morgan fingerprint density at radius 3 is 2.58 bits per heavy atom. The van der Waals surface area contributed by atoms with E-state index in [1.54, 1.807) is 30.3 Å². The van der Waals surface area contributed by atoms with Gasteiger partial charge in [0.25, 0.3) is 0 Å². The van der Waals surface area contributed by atoms with Crippen LogP contribution in [0.15, 0.2) is 65.3 Å². The van der Waals surface area contributed by atoms with E-state index >= 15 is 0 Å². The Labute approximate surface area is 192 Å². The van der Waals surface area contributed by atoms with E-state index in [4.69, 9.17) is 19.9 Å². The molecule has 1 aliphatic heterocycles. The normalized spacial score (nSPS) is 19.5. The molecular formula is C26H25FN2O4. The molecule has 0 aromatic heterocycles. The minimum absolute atomic E-state index is 0.0161. The van der Waals surface area contributed by atoms with Crippen molar-refractivity contribution in [3.8, 4) is 17.6 Å². The predicted molar refractivity (Wildman–Crippen MR) is 119 cm³/mol. The van der Waals surface area contributed by atoms with Crippen molar-refractivity contribution in [3.05, 3.63) is 82.2 Å². The third kappa shape index (κ3) is 4.42.